The lowest BCUT2D eigenvalue weighted by atomic mass is 9.13. The molecule has 7 rings (SSSR count). The van der Waals surface area contributed by atoms with Crippen molar-refractivity contribution in [2.45, 2.75) is 14.7 Å². The van der Waals surface area contributed by atoms with Crippen molar-refractivity contribution in [1.82, 2.24) is 0 Å². The minimum Gasteiger partial charge on any atom is -0.508 e. The normalized spacial score (nSPS) is 11.0. The Kier molecular flexibility index (Phi) is 9.68. The molecule has 2 nitrogen and oxygen atoms in total. The molecule has 46 heavy (non-hydrogen) atoms. The SMILES string of the molecule is Oc1ccc([S+](c2ccccc2)c2ccc(O)cc2)cc1.c1ccc([B-](c2ccccc2)(c2ccccc2)c2ccccc2)cc1. The number of benzene rings is 7. The third-order valence-corrected chi connectivity index (χ3v) is 10.6. The van der Waals surface area contributed by atoms with Gasteiger partial charge in [0.1, 0.15) is 17.6 Å². The first-order valence-electron chi connectivity index (χ1n) is 15.4. The summed E-state index contributed by atoms with van der Waals surface area (Å²) in [5.74, 6) is 0.530. The highest BCUT2D eigenvalue weighted by molar-refractivity contribution is 7.97. The molecular formula is C42H35BO2S. The summed E-state index contributed by atoms with van der Waals surface area (Å²) in [7, 11) is -0.253. The van der Waals surface area contributed by atoms with Crippen molar-refractivity contribution in [2.24, 2.45) is 0 Å². The zero-order chi connectivity index (χ0) is 31.6. The Hall–Kier alpha value is -5.45. The summed E-state index contributed by atoms with van der Waals surface area (Å²) in [4.78, 5) is 3.46. The molecule has 0 aliphatic carbocycles. The molecule has 0 fully saturated rings. The van der Waals surface area contributed by atoms with E-state index in [-0.39, 0.29) is 22.4 Å². The van der Waals surface area contributed by atoms with E-state index in [1.807, 2.05) is 42.5 Å². The number of rotatable bonds is 7. The van der Waals surface area contributed by atoms with Gasteiger partial charge in [0.15, 0.2) is 14.7 Å². The number of aromatic hydroxyl groups is 2. The Morgan fingerprint density at radius 3 is 0.804 bits per heavy atom. The average Bonchev–Trinajstić information content (AvgIpc) is 3.13. The highest BCUT2D eigenvalue weighted by Crippen LogP contribution is 2.32. The summed E-state index contributed by atoms with van der Waals surface area (Å²) in [6.45, 7) is 0. The van der Waals surface area contributed by atoms with Crippen molar-refractivity contribution in [3.63, 3.8) is 0 Å². The molecule has 7 aromatic rings. The Balaban J connectivity index is 0.000000164. The van der Waals surface area contributed by atoms with Crippen LogP contribution in [0.25, 0.3) is 0 Å². The van der Waals surface area contributed by atoms with E-state index < -0.39 is 6.15 Å². The van der Waals surface area contributed by atoms with Crippen molar-refractivity contribution in [1.29, 1.82) is 0 Å². The second-order valence-electron chi connectivity index (χ2n) is 11.1. The molecule has 0 amide bonds. The number of phenols is 2. The van der Waals surface area contributed by atoms with E-state index in [2.05, 4.69) is 133 Å². The van der Waals surface area contributed by atoms with E-state index >= 15 is 0 Å². The summed E-state index contributed by atoms with van der Waals surface area (Å²) in [6, 6.07) is 68.4. The van der Waals surface area contributed by atoms with Crippen molar-refractivity contribution in [3.05, 3.63) is 200 Å². The molecule has 0 aliphatic rings. The Morgan fingerprint density at radius 2 is 0.522 bits per heavy atom. The summed E-state index contributed by atoms with van der Waals surface area (Å²) < 4.78 is 0. The third-order valence-electron chi connectivity index (χ3n) is 8.32. The maximum Gasteiger partial charge on any atom is 0.166 e. The molecule has 0 unspecified atom stereocenters. The van der Waals surface area contributed by atoms with E-state index in [0.717, 1.165) is 9.79 Å². The topological polar surface area (TPSA) is 40.5 Å². The maximum absolute atomic E-state index is 9.49. The first kappa shape index (κ1) is 30.6. The fourth-order valence-electron chi connectivity index (χ4n) is 6.25. The number of hydrogen-bond donors (Lipinski definition) is 2. The molecule has 0 saturated heterocycles. The molecule has 0 spiro atoms. The van der Waals surface area contributed by atoms with Crippen LogP contribution in [-0.4, -0.2) is 16.4 Å². The van der Waals surface area contributed by atoms with Gasteiger partial charge in [-0.1, -0.05) is 140 Å². The number of hydrogen-bond acceptors (Lipinski definition) is 2. The van der Waals surface area contributed by atoms with Crippen LogP contribution in [0.3, 0.4) is 0 Å². The first-order chi connectivity index (χ1) is 22.7. The summed E-state index contributed by atoms with van der Waals surface area (Å²) in [5, 5.41) is 19.0. The molecule has 4 heteroatoms. The summed E-state index contributed by atoms with van der Waals surface area (Å²) >= 11 is 0. The van der Waals surface area contributed by atoms with Gasteiger partial charge in [-0.15, -0.1) is 0 Å². The molecular weight excluding hydrogens is 579 g/mol. The van der Waals surface area contributed by atoms with Crippen molar-refractivity contribution < 1.29 is 10.2 Å². The van der Waals surface area contributed by atoms with Gasteiger partial charge < -0.3 is 10.2 Å². The van der Waals surface area contributed by atoms with E-state index in [9.17, 15) is 10.2 Å². The van der Waals surface area contributed by atoms with Crippen LogP contribution in [0, 0.1) is 0 Å². The van der Waals surface area contributed by atoms with Crippen LogP contribution in [0.4, 0.5) is 0 Å². The van der Waals surface area contributed by atoms with Gasteiger partial charge in [0, 0.05) is 0 Å². The molecule has 0 aromatic heterocycles. The second kappa shape index (κ2) is 14.6. The van der Waals surface area contributed by atoms with Gasteiger partial charge in [-0.3, -0.25) is 0 Å². The van der Waals surface area contributed by atoms with E-state index in [1.54, 1.807) is 24.3 Å². The van der Waals surface area contributed by atoms with Gasteiger partial charge in [-0.25, -0.2) is 0 Å². The predicted octanol–water partition coefficient (Wildman–Crippen LogP) is 7.26. The summed E-state index contributed by atoms with van der Waals surface area (Å²) in [5.41, 5.74) is 5.36. The quantitative estimate of drug-likeness (QED) is 0.147. The molecule has 224 valence electrons. The van der Waals surface area contributed by atoms with Crippen molar-refractivity contribution in [3.8, 4) is 11.5 Å². The smallest absolute Gasteiger partial charge is 0.166 e. The summed E-state index contributed by atoms with van der Waals surface area (Å²) in [6.07, 6.45) is -1.22. The van der Waals surface area contributed by atoms with Crippen LogP contribution >= 0.6 is 0 Å². The zero-order valence-corrected chi connectivity index (χ0v) is 26.2. The molecule has 0 atom stereocenters. The molecule has 0 bridgehead atoms. The molecule has 7 aromatic carbocycles. The van der Waals surface area contributed by atoms with Gasteiger partial charge in [0.25, 0.3) is 0 Å². The lowest BCUT2D eigenvalue weighted by Crippen LogP contribution is -2.74. The van der Waals surface area contributed by atoms with E-state index in [0.29, 0.717) is 0 Å². The van der Waals surface area contributed by atoms with Crippen molar-refractivity contribution in [2.75, 3.05) is 0 Å². The van der Waals surface area contributed by atoms with Crippen LogP contribution in [-0.2, 0) is 10.9 Å². The van der Waals surface area contributed by atoms with Gasteiger partial charge in [0.2, 0.25) is 0 Å². The van der Waals surface area contributed by atoms with E-state index in [4.69, 9.17) is 0 Å². The van der Waals surface area contributed by atoms with Gasteiger partial charge in [-0.05, 0) is 60.7 Å². The molecule has 0 saturated carbocycles. The van der Waals surface area contributed by atoms with Gasteiger partial charge >= 0.3 is 0 Å². The molecule has 0 aliphatic heterocycles. The monoisotopic (exact) mass is 614 g/mol. The zero-order valence-electron chi connectivity index (χ0n) is 25.4. The molecule has 0 heterocycles. The third kappa shape index (κ3) is 6.63. The van der Waals surface area contributed by atoms with Crippen molar-refractivity contribution >= 4 is 38.9 Å². The lowest BCUT2D eigenvalue weighted by Gasteiger charge is -2.44. The standard InChI is InChI=1S/C24H20B.C18H14O2S/c1-5-13-21(14-6-1)25(22-15-7-2-8-16-22,23-17-9-3-10-18-23)24-19-11-4-12-20-24;19-14-6-10-17(11-7-14)21(16-4-2-1-3-5-16)18-12-8-15(20)9-13-18/h1-20H;1-13H,(H-,19,20)/q-1;/p+1. The maximum atomic E-state index is 9.49. The lowest BCUT2D eigenvalue weighted by molar-refractivity contribution is 0.474. The Labute approximate surface area is 274 Å². The fourth-order valence-corrected chi connectivity index (χ4v) is 8.31. The van der Waals surface area contributed by atoms with Crippen LogP contribution in [0.2, 0.25) is 0 Å². The molecule has 2 N–H and O–H groups in total. The average molecular weight is 615 g/mol. The predicted molar refractivity (Wildman–Crippen MR) is 195 cm³/mol. The van der Waals surface area contributed by atoms with Gasteiger partial charge in [0.05, 0.1) is 10.9 Å². The van der Waals surface area contributed by atoms with Gasteiger partial charge in [-0.2, -0.15) is 21.9 Å². The molecule has 0 radical (unpaired) electrons. The van der Waals surface area contributed by atoms with E-state index in [1.165, 1.54) is 26.7 Å². The fraction of sp³-hybridized carbons (Fsp3) is 0. The minimum absolute atomic E-state index is 0.253. The van der Waals surface area contributed by atoms with Crippen LogP contribution < -0.4 is 21.9 Å². The van der Waals surface area contributed by atoms with Crippen LogP contribution in [0.5, 0.6) is 11.5 Å². The van der Waals surface area contributed by atoms with Crippen LogP contribution in [0.15, 0.2) is 215 Å². The largest absolute Gasteiger partial charge is 0.508 e. The Bertz CT molecular complexity index is 1710. The highest BCUT2D eigenvalue weighted by Gasteiger charge is 2.31. The first-order valence-corrected chi connectivity index (χ1v) is 16.6. The van der Waals surface area contributed by atoms with Crippen LogP contribution in [0.1, 0.15) is 0 Å². The number of phenolic OH excluding ortho intramolecular Hbond substituents is 2. The highest BCUT2D eigenvalue weighted by atomic mass is 32.2. The Morgan fingerprint density at radius 1 is 0.283 bits per heavy atom. The second-order valence-corrected chi connectivity index (χ2v) is 13.1. The minimum atomic E-state index is -1.22.